The van der Waals surface area contributed by atoms with Gasteiger partial charge in [0.05, 0.1) is 5.69 Å². The lowest BCUT2D eigenvalue weighted by atomic mass is 9.96. The molecule has 0 radical (unpaired) electrons. The second-order valence-electron chi connectivity index (χ2n) is 6.41. The molecule has 1 unspecified atom stereocenters. The molecule has 1 N–H and O–H groups in total. The Bertz CT molecular complexity index is 409. The molecule has 0 bridgehead atoms. The van der Waals surface area contributed by atoms with Crippen LogP contribution in [0.4, 0.5) is 0 Å². The quantitative estimate of drug-likeness (QED) is 0.894. The van der Waals surface area contributed by atoms with Crippen molar-refractivity contribution >= 4 is 0 Å². The van der Waals surface area contributed by atoms with Crippen LogP contribution in [0.3, 0.4) is 0 Å². The molecular formula is C17H27N3. The van der Waals surface area contributed by atoms with E-state index < -0.39 is 0 Å². The van der Waals surface area contributed by atoms with Crippen molar-refractivity contribution in [2.75, 3.05) is 13.6 Å². The zero-order chi connectivity index (χ0) is 13.8. The number of rotatable bonds is 5. The Morgan fingerprint density at radius 3 is 2.75 bits per heavy atom. The van der Waals surface area contributed by atoms with Gasteiger partial charge in [-0.25, -0.2) is 0 Å². The van der Waals surface area contributed by atoms with Crippen molar-refractivity contribution in [3.8, 4) is 0 Å². The number of aromatic nitrogens is 1. The van der Waals surface area contributed by atoms with Gasteiger partial charge < -0.3 is 5.32 Å². The molecule has 3 heteroatoms. The molecule has 110 valence electrons. The van der Waals surface area contributed by atoms with E-state index in [-0.39, 0.29) is 0 Å². The molecule has 1 atom stereocenters. The lowest BCUT2D eigenvalue weighted by Crippen LogP contribution is -2.34. The van der Waals surface area contributed by atoms with Crippen LogP contribution >= 0.6 is 0 Å². The predicted molar refractivity (Wildman–Crippen MR) is 82.4 cm³/mol. The second kappa shape index (κ2) is 6.68. The molecule has 1 aliphatic carbocycles. The number of pyridine rings is 1. The van der Waals surface area contributed by atoms with Gasteiger partial charge in [-0.2, -0.15) is 0 Å². The first-order valence-electron chi connectivity index (χ1n) is 8.19. The number of likely N-dealkylation sites (tertiary alicyclic amines) is 1. The van der Waals surface area contributed by atoms with Gasteiger partial charge in [-0.15, -0.1) is 0 Å². The molecule has 0 amide bonds. The Kier molecular flexibility index (Phi) is 4.69. The van der Waals surface area contributed by atoms with Crippen molar-refractivity contribution in [1.82, 2.24) is 15.2 Å². The summed E-state index contributed by atoms with van der Waals surface area (Å²) in [5.74, 6) is 0.959. The Labute approximate surface area is 122 Å². The molecule has 3 nitrogen and oxygen atoms in total. The van der Waals surface area contributed by atoms with Crippen LogP contribution in [0.25, 0.3) is 0 Å². The van der Waals surface area contributed by atoms with Crippen LogP contribution in [0.15, 0.2) is 18.3 Å². The van der Waals surface area contributed by atoms with Gasteiger partial charge in [-0.05, 0) is 56.8 Å². The van der Waals surface area contributed by atoms with E-state index in [1.165, 1.54) is 56.3 Å². The average Bonchev–Trinajstić information content (AvgIpc) is 3.12. The summed E-state index contributed by atoms with van der Waals surface area (Å²) in [4.78, 5) is 7.33. The highest BCUT2D eigenvalue weighted by atomic mass is 15.2. The first-order chi connectivity index (χ1) is 9.86. The van der Waals surface area contributed by atoms with Crippen LogP contribution in [0.2, 0.25) is 0 Å². The number of hydrogen-bond donors (Lipinski definition) is 1. The van der Waals surface area contributed by atoms with Crippen molar-refractivity contribution in [1.29, 1.82) is 0 Å². The molecular weight excluding hydrogens is 246 g/mol. The normalized spacial score (nSPS) is 24.6. The van der Waals surface area contributed by atoms with E-state index in [2.05, 4.69) is 27.3 Å². The van der Waals surface area contributed by atoms with Crippen LogP contribution < -0.4 is 5.32 Å². The fourth-order valence-electron chi connectivity index (χ4n) is 3.99. The van der Waals surface area contributed by atoms with Gasteiger partial charge in [0.2, 0.25) is 0 Å². The number of nitrogens with one attached hydrogen (secondary N) is 1. The largest absolute Gasteiger partial charge is 0.316 e. The summed E-state index contributed by atoms with van der Waals surface area (Å²) in [6.07, 6.45) is 10.6. The molecule has 3 rings (SSSR count). The van der Waals surface area contributed by atoms with Crippen LogP contribution in [0.1, 0.15) is 49.8 Å². The van der Waals surface area contributed by atoms with E-state index in [0.717, 1.165) is 25.0 Å². The smallest absolute Gasteiger partial charge is 0.0544 e. The molecule has 0 aromatic carbocycles. The van der Waals surface area contributed by atoms with Gasteiger partial charge in [0, 0.05) is 25.3 Å². The minimum absolute atomic E-state index is 0.830. The summed E-state index contributed by atoms with van der Waals surface area (Å²) < 4.78 is 0. The third-order valence-electron chi connectivity index (χ3n) is 4.99. The molecule has 0 spiro atoms. The highest BCUT2D eigenvalue weighted by Crippen LogP contribution is 2.35. The van der Waals surface area contributed by atoms with E-state index in [1.807, 2.05) is 13.2 Å². The van der Waals surface area contributed by atoms with Gasteiger partial charge in [0.15, 0.2) is 0 Å². The standard InChI is InChI=1S/C17H27N3/c1-18-11-14-8-9-16(19-12-14)13-20-10-4-7-17(20)15-5-2-3-6-15/h8-9,12,15,17-18H,2-7,10-11,13H2,1H3. The van der Waals surface area contributed by atoms with Crippen LogP contribution in [0, 0.1) is 5.92 Å². The summed E-state index contributed by atoms with van der Waals surface area (Å²) in [7, 11) is 1.98. The Morgan fingerprint density at radius 2 is 2.05 bits per heavy atom. The van der Waals surface area contributed by atoms with Gasteiger partial charge in [-0.3, -0.25) is 9.88 Å². The zero-order valence-electron chi connectivity index (χ0n) is 12.6. The van der Waals surface area contributed by atoms with Crippen molar-refractivity contribution < 1.29 is 0 Å². The molecule has 1 aromatic heterocycles. The lowest BCUT2D eigenvalue weighted by molar-refractivity contribution is 0.181. The van der Waals surface area contributed by atoms with Gasteiger partial charge >= 0.3 is 0 Å². The molecule has 20 heavy (non-hydrogen) atoms. The summed E-state index contributed by atoms with van der Waals surface area (Å²) in [5.41, 5.74) is 2.50. The molecule has 2 fully saturated rings. The summed E-state index contributed by atoms with van der Waals surface area (Å²) in [6.45, 7) is 3.21. The number of hydrogen-bond acceptors (Lipinski definition) is 3. The van der Waals surface area contributed by atoms with E-state index in [1.54, 1.807) is 0 Å². The van der Waals surface area contributed by atoms with Gasteiger partial charge in [0.1, 0.15) is 0 Å². The second-order valence-corrected chi connectivity index (χ2v) is 6.41. The molecule has 1 aromatic rings. The first kappa shape index (κ1) is 14.0. The van der Waals surface area contributed by atoms with Crippen molar-refractivity contribution in [3.63, 3.8) is 0 Å². The third-order valence-corrected chi connectivity index (χ3v) is 4.99. The molecule has 1 saturated carbocycles. The van der Waals surface area contributed by atoms with E-state index in [9.17, 15) is 0 Å². The maximum absolute atomic E-state index is 4.64. The fourth-order valence-corrected chi connectivity index (χ4v) is 3.99. The lowest BCUT2D eigenvalue weighted by Gasteiger charge is -2.29. The highest BCUT2D eigenvalue weighted by Gasteiger charge is 2.33. The van der Waals surface area contributed by atoms with E-state index >= 15 is 0 Å². The zero-order valence-corrected chi connectivity index (χ0v) is 12.6. The molecule has 1 saturated heterocycles. The first-order valence-corrected chi connectivity index (χ1v) is 8.19. The van der Waals surface area contributed by atoms with Gasteiger partial charge in [-0.1, -0.05) is 18.9 Å². The van der Waals surface area contributed by atoms with Crippen LogP contribution in [-0.2, 0) is 13.1 Å². The minimum Gasteiger partial charge on any atom is -0.316 e. The molecule has 2 aliphatic rings. The van der Waals surface area contributed by atoms with E-state index in [4.69, 9.17) is 0 Å². The van der Waals surface area contributed by atoms with E-state index in [0.29, 0.717) is 0 Å². The van der Waals surface area contributed by atoms with Crippen LogP contribution in [0.5, 0.6) is 0 Å². The monoisotopic (exact) mass is 273 g/mol. The summed E-state index contributed by atoms with van der Waals surface area (Å²) in [6, 6.07) is 5.24. The van der Waals surface area contributed by atoms with Crippen molar-refractivity contribution in [2.45, 2.75) is 57.7 Å². The van der Waals surface area contributed by atoms with Gasteiger partial charge in [0.25, 0.3) is 0 Å². The fraction of sp³-hybridized carbons (Fsp3) is 0.706. The summed E-state index contributed by atoms with van der Waals surface area (Å²) in [5, 5.41) is 3.17. The Hall–Kier alpha value is -0.930. The average molecular weight is 273 g/mol. The predicted octanol–water partition coefficient (Wildman–Crippen LogP) is 2.96. The maximum Gasteiger partial charge on any atom is 0.0544 e. The third kappa shape index (κ3) is 3.21. The summed E-state index contributed by atoms with van der Waals surface area (Å²) >= 11 is 0. The molecule has 1 aliphatic heterocycles. The SMILES string of the molecule is CNCc1ccc(CN2CCCC2C2CCCC2)nc1. The van der Waals surface area contributed by atoms with Crippen molar-refractivity contribution in [2.24, 2.45) is 5.92 Å². The van der Waals surface area contributed by atoms with Crippen molar-refractivity contribution in [3.05, 3.63) is 29.6 Å². The number of nitrogens with zero attached hydrogens (tertiary/aromatic N) is 2. The highest BCUT2D eigenvalue weighted by molar-refractivity contribution is 5.14. The van der Waals surface area contributed by atoms with Crippen LogP contribution in [-0.4, -0.2) is 29.5 Å². The minimum atomic E-state index is 0.830. The Balaban J connectivity index is 1.60. The topological polar surface area (TPSA) is 28.2 Å². The maximum atomic E-state index is 4.64. The Morgan fingerprint density at radius 1 is 1.20 bits per heavy atom. The molecule has 2 heterocycles.